The normalized spacial score (nSPS) is 11.4. The van der Waals surface area contributed by atoms with E-state index in [2.05, 4.69) is 21.2 Å². The number of carbonyl (C=O) groups is 2. The maximum absolute atomic E-state index is 12.3. The number of nitrogens with zero attached hydrogens (tertiary/aromatic N) is 1. The van der Waals surface area contributed by atoms with E-state index >= 15 is 0 Å². The predicted molar refractivity (Wildman–Crippen MR) is 94.2 cm³/mol. The number of methoxy groups -OCH3 is 1. The van der Waals surface area contributed by atoms with Crippen molar-refractivity contribution in [2.75, 3.05) is 7.11 Å². The molecule has 0 saturated carbocycles. The summed E-state index contributed by atoms with van der Waals surface area (Å²) in [6.45, 7) is 0. The molecule has 0 radical (unpaired) electrons. The summed E-state index contributed by atoms with van der Waals surface area (Å²) < 4.78 is 5.63. The molecule has 0 saturated heterocycles. The highest BCUT2D eigenvalue weighted by molar-refractivity contribution is 9.10. The molecule has 130 valence electrons. The van der Waals surface area contributed by atoms with Crippen LogP contribution in [0.15, 0.2) is 53.0 Å². The van der Waals surface area contributed by atoms with Crippen molar-refractivity contribution >= 4 is 33.5 Å². The SMILES string of the molecule is COC(=O)[C@@H](Cc1ccc(Br)cc1)NC(=O)c1cccc([N+](=O)[O-])c1. The molecule has 0 aliphatic carbocycles. The Balaban J connectivity index is 2.17. The van der Waals surface area contributed by atoms with Crippen LogP contribution in [0.3, 0.4) is 0 Å². The first-order valence-corrected chi connectivity index (χ1v) is 8.07. The summed E-state index contributed by atoms with van der Waals surface area (Å²) >= 11 is 3.33. The number of hydrogen-bond acceptors (Lipinski definition) is 5. The van der Waals surface area contributed by atoms with Gasteiger partial charge in [0.05, 0.1) is 12.0 Å². The predicted octanol–water partition coefficient (Wildman–Crippen LogP) is 2.87. The Labute approximate surface area is 152 Å². The average molecular weight is 407 g/mol. The molecule has 0 fully saturated rings. The lowest BCUT2D eigenvalue weighted by molar-refractivity contribution is -0.384. The fraction of sp³-hybridized carbons (Fsp3) is 0.176. The van der Waals surface area contributed by atoms with Gasteiger partial charge >= 0.3 is 5.97 Å². The number of benzene rings is 2. The van der Waals surface area contributed by atoms with E-state index in [0.717, 1.165) is 16.1 Å². The van der Waals surface area contributed by atoms with E-state index in [-0.39, 0.29) is 17.7 Å². The van der Waals surface area contributed by atoms with Gasteiger partial charge in [-0.25, -0.2) is 4.79 Å². The first kappa shape index (κ1) is 18.6. The van der Waals surface area contributed by atoms with Crippen LogP contribution in [0.25, 0.3) is 0 Å². The van der Waals surface area contributed by atoms with Gasteiger partial charge in [-0.2, -0.15) is 0 Å². The summed E-state index contributed by atoms with van der Waals surface area (Å²) in [4.78, 5) is 34.5. The molecular formula is C17H15BrN2O5. The molecule has 0 aromatic heterocycles. The first-order chi connectivity index (χ1) is 11.9. The minimum atomic E-state index is -0.905. The summed E-state index contributed by atoms with van der Waals surface area (Å²) in [5.41, 5.74) is 0.729. The minimum Gasteiger partial charge on any atom is -0.467 e. The van der Waals surface area contributed by atoms with Crippen LogP contribution in [-0.2, 0) is 16.0 Å². The largest absolute Gasteiger partial charge is 0.467 e. The molecule has 0 spiro atoms. The molecule has 0 aliphatic rings. The molecule has 0 bridgehead atoms. The quantitative estimate of drug-likeness (QED) is 0.451. The molecule has 0 heterocycles. The molecule has 1 atom stereocenters. The Hall–Kier alpha value is -2.74. The van der Waals surface area contributed by atoms with Crippen molar-refractivity contribution < 1.29 is 19.2 Å². The summed E-state index contributed by atoms with van der Waals surface area (Å²) in [7, 11) is 1.23. The van der Waals surface area contributed by atoms with Crippen LogP contribution >= 0.6 is 15.9 Å². The Kier molecular flexibility index (Phi) is 6.24. The molecule has 0 aliphatic heterocycles. The number of nitro benzene ring substituents is 1. The van der Waals surface area contributed by atoms with Crippen molar-refractivity contribution in [1.29, 1.82) is 0 Å². The second kappa shape index (κ2) is 8.39. The van der Waals surface area contributed by atoms with Crippen LogP contribution in [-0.4, -0.2) is 30.0 Å². The van der Waals surface area contributed by atoms with Crippen LogP contribution in [0.5, 0.6) is 0 Å². The van der Waals surface area contributed by atoms with Gasteiger partial charge in [-0.1, -0.05) is 34.1 Å². The van der Waals surface area contributed by atoms with Gasteiger partial charge in [0, 0.05) is 28.6 Å². The lowest BCUT2D eigenvalue weighted by Gasteiger charge is -2.16. The van der Waals surface area contributed by atoms with Crippen LogP contribution in [0, 0.1) is 10.1 Å². The van der Waals surface area contributed by atoms with Gasteiger partial charge in [-0.05, 0) is 23.8 Å². The van der Waals surface area contributed by atoms with E-state index in [1.165, 1.54) is 25.3 Å². The summed E-state index contributed by atoms with van der Waals surface area (Å²) in [5, 5.41) is 13.4. The summed E-state index contributed by atoms with van der Waals surface area (Å²) in [6, 6.07) is 11.7. The Morgan fingerprint density at radius 2 is 1.92 bits per heavy atom. The van der Waals surface area contributed by atoms with Gasteiger partial charge in [-0.3, -0.25) is 14.9 Å². The molecule has 0 unspecified atom stereocenters. The molecule has 2 rings (SSSR count). The smallest absolute Gasteiger partial charge is 0.328 e. The van der Waals surface area contributed by atoms with E-state index in [4.69, 9.17) is 4.74 Å². The summed E-state index contributed by atoms with van der Waals surface area (Å²) in [6.07, 6.45) is 0.237. The molecule has 2 aromatic rings. The lowest BCUT2D eigenvalue weighted by Crippen LogP contribution is -2.43. The number of nitrogens with one attached hydrogen (secondary N) is 1. The van der Waals surface area contributed by atoms with Crippen molar-refractivity contribution in [3.63, 3.8) is 0 Å². The number of hydrogen-bond donors (Lipinski definition) is 1. The van der Waals surface area contributed by atoms with Crippen molar-refractivity contribution in [1.82, 2.24) is 5.32 Å². The third-order valence-electron chi connectivity index (χ3n) is 3.46. The number of non-ortho nitro benzene ring substituents is 1. The van der Waals surface area contributed by atoms with E-state index in [1.807, 2.05) is 24.3 Å². The van der Waals surface area contributed by atoms with Crippen LogP contribution in [0.4, 0.5) is 5.69 Å². The maximum atomic E-state index is 12.3. The van der Waals surface area contributed by atoms with Gasteiger partial charge in [0.2, 0.25) is 0 Å². The average Bonchev–Trinajstić information content (AvgIpc) is 2.62. The van der Waals surface area contributed by atoms with Crippen molar-refractivity contribution in [3.8, 4) is 0 Å². The topological polar surface area (TPSA) is 98.5 Å². The fourth-order valence-electron chi connectivity index (χ4n) is 2.19. The zero-order chi connectivity index (χ0) is 18.4. The maximum Gasteiger partial charge on any atom is 0.328 e. The first-order valence-electron chi connectivity index (χ1n) is 7.28. The van der Waals surface area contributed by atoms with E-state index in [1.54, 1.807) is 0 Å². The molecule has 2 aromatic carbocycles. The molecule has 1 N–H and O–H groups in total. The number of amides is 1. The fourth-order valence-corrected chi connectivity index (χ4v) is 2.46. The van der Waals surface area contributed by atoms with Crippen LogP contribution in [0.2, 0.25) is 0 Å². The van der Waals surface area contributed by atoms with Crippen molar-refractivity contribution in [3.05, 3.63) is 74.2 Å². The van der Waals surface area contributed by atoms with Crippen LogP contribution < -0.4 is 5.32 Å². The Morgan fingerprint density at radius 1 is 1.24 bits per heavy atom. The number of esters is 1. The molecule has 7 nitrogen and oxygen atoms in total. The number of rotatable bonds is 6. The number of carbonyl (C=O) groups excluding carboxylic acids is 2. The van der Waals surface area contributed by atoms with Gasteiger partial charge in [0.25, 0.3) is 11.6 Å². The highest BCUT2D eigenvalue weighted by atomic mass is 79.9. The lowest BCUT2D eigenvalue weighted by atomic mass is 10.1. The van der Waals surface area contributed by atoms with Gasteiger partial charge < -0.3 is 10.1 Å². The summed E-state index contributed by atoms with van der Waals surface area (Å²) in [5.74, 6) is -1.18. The third-order valence-corrected chi connectivity index (χ3v) is 3.99. The zero-order valence-corrected chi connectivity index (χ0v) is 14.9. The molecule has 25 heavy (non-hydrogen) atoms. The zero-order valence-electron chi connectivity index (χ0n) is 13.3. The van der Waals surface area contributed by atoms with Gasteiger partial charge in [-0.15, -0.1) is 0 Å². The minimum absolute atomic E-state index is 0.0962. The Bertz CT molecular complexity index is 792. The molecular weight excluding hydrogens is 392 g/mol. The monoisotopic (exact) mass is 406 g/mol. The van der Waals surface area contributed by atoms with E-state index < -0.39 is 22.8 Å². The number of ether oxygens (including phenoxy) is 1. The molecule has 8 heteroatoms. The third kappa shape index (κ3) is 5.12. The second-order valence-electron chi connectivity index (χ2n) is 5.19. The highest BCUT2D eigenvalue weighted by Gasteiger charge is 2.23. The van der Waals surface area contributed by atoms with E-state index in [0.29, 0.717) is 0 Å². The van der Waals surface area contributed by atoms with Crippen molar-refractivity contribution in [2.24, 2.45) is 0 Å². The van der Waals surface area contributed by atoms with Crippen LogP contribution in [0.1, 0.15) is 15.9 Å². The second-order valence-corrected chi connectivity index (χ2v) is 6.10. The van der Waals surface area contributed by atoms with Crippen molar-refractivity contribution in [2.45, 2.75) is 12.5 Å². The number of halogens is 1. The molecule has 1 amide bonds. The highest BCUT2D eigenvalue weighted by Crippen LogP contribution is 2.15. The van der Waals surface area contributed by atoms with E-state index in [9.17, 15) is 19.7 Å². The Morgan fingerprint density at radius 3 is 2.52 bits per heavy atom. The standard InChI is InChI=1S/C17H15BrN2O5/c1-25-17(22)15(9-11-5-7-13(18)8-6-11)19-16(21)12-3-2-4-14(10-12)20(23)24/h2-8,10,15H,9H2,1H3,(H,19,21)/t15-/m1/s1. The number of nitro groups is 1. The van der Waals surface area contributed by atoms with Gasteiger partial charge in [0.15, 0.2) is 0 Å². The van der Waals surface area contributed by atoms with Gasteiger partial charge in [0.1, 0.15) is 6.04 Å².